The predicted molar refractivity (Wildman–Crippen MR) is 60.6 cm³/mol. The lowest BCUT2D eigenvalue weighted by Crippen LogP contribution is -2.25. The average molecular weight is 204 g/mol. The van der Waals surface area contributed by atoms with Crippen molar-refractivity contribution in [1.82, 2.24) is 0 Å². The zero-order chi connectivity index (χ0) is 10.5. The highest BCUT2D eigenvalue weighted by Gasteiger charge is 2.54. The molecule has 0 N–H and O–H groups in total. The van der Waals surface area contributed by atoms with Crippen molar-refractivity contribution in [2.24, 2.45) is 11.3 Å². The summed E-state index contributed by atoms with van der Waals surface area (Å²) in [5.74, 6) is 0.939. The van der Waals surface area contributed by atoms with Crippen LogP contribution in [0.1, 0.15) is 58.3 Å². The van der Waals surface area contributed by atoms with Gasteiger partial charge in [0.2, 0.25) is 0 Å². The second-order valence-corrected chi connectivity index (χ2v) is 5.48. The van der Waals surface area contributed by atoms with E-state index in [0.717, 1.165) is 6.42 Å². The summed E-state index contributed by atoms with van der Waals surface area (Å²) in [5.41, 5.74) is 3.21. The third-order valence-electron chi connectivity index (χ3n) is 5.10. The minimum absolute atomic E-state index is 0.340. The second kappa shape index (κ2) is 3.20. The molecule has 1 nitrogen and oxygen atoms in total. The highest BCUT2D eigenvalue weighted by molar-refractivity contribution is 6.02. The smallest absolute Gasteiger partial charge is 0.162 e. The molecule has 0 unspecified atom stereocenters. The molecule has 0 saturated heterocycles. The Balaban J connectivity index is 2.09. The number of rotatable bonds is 1. The van der Waals surface area contributed by atoms with Crippen molar-refractivity contribution in [3.63, 3.8) is 0 Å². The number of fused-ring (bicyclic) bond motifs is 2. The van der Waals surface area contributed by atoms with Gasteiger partial charge in [-0.15, -0.1) is 0 Å². The fourth-order valence-electron chi connectivity index (χ4n) is 4.39. The van der Waals surface area contributed by atoms with Gasteiger partial charge in [-0.2, -0.15) is 0 Å². The first-order valence-corrected chi connectivity index (χ1v) is 6.56. The van der Waals surface area contributed by atoms with Gasteiger partial charge in [-0.25, -0.2) is 0 Å². The van der Waals surface area contributed by atoms with Crippen LogP contribution in [-0.2, 0) is 4.79 Å². The van der Waals surface area contributed by atoms with Crippen molar-refractivity contribution in [1.29, 1.82) is 0 Å². The fourth-order valence-corrected chi connectivity index (χ4v) is 4.39. The van der Waals surface area contributed by atoms with Gasteiger partial charge in [0.15, 0.2) is 5.78 Å². The Morgan fingerprint density at radius 3 is 2.87 bits per heavy atom. The topological polar surface area (TPSA) is 17.1 Å². The lowest BCUT2D eigenvalue weighted by Gasteiger charge is -2.32. The maximum Gasteiger partial charge on any atom is 0.162 e. The Bertz CT molecular complexity index is 339. The third kappa shape index (κ3) is 1.07. The number of hydrogen-bond acceptors (Lipinski definition) is 1. The van der Waals surface area contributed by atoms with Crippen LogP contribution in [0.3, 0.4) is 0 Å². The molecule has 3 aliphatic rings. The molecule has 0 bridgehead atoms. The molecule has 0 aromatic rings. The summed E-state index contributed by atoms with van der Waals surface area (Å²) < 4.78 is 0. The Hall–Kier alpha value is -0.590. The van der Waals surface area contributed by atoms with Crippen LogP contribution in [0.25, 0.3) is 0 Å². The van der Waals surface area contributed by atoms with Crippen LogP contribution in [-0.4, -0.2) is 5.78 Å². The fraction of sp³-hybridized carbons (Fsp3) is 0.786. The number of hydrogen-bond donors (Lipinski definition) is 0. The van der Waals surface area contributed by atoms with Crippen LogP contribution in [0.5, 0.6) is 0 Å². The van der Waals surface area contributed by atoms with E-state index in [4.69, 9.17) is 0 Å². The maximum absolute atomic E-state index is 12.3. The second-order valence-electron chi connectivity index (χ2n) is 5.48. The maximum atomic E-state index is 12.3. The number of carbonyl (C=O) groups excluding carboxylic acids is 1. The van der Waals surface area contributed by atoms with Crippen LogP contribution in [0.15, 0.2) is 11.1 Å². The van der Waals surface area contributed by atoms with E-state index in [9.17, 15) is 4.79 Å². The first kappa shape index (κ1) is 9.62. The molecular formula is C14H20O. The summed E-state index contributed by atoms with van der Waals surface area (Å²) in [6.45, 7) is 2.29. The quantitative estimate of drug-likeness (QED) is 0.637. The summed E-state index contributed by atoms with van der Waals surface area (Å²) in [6.07, 6.45) is 9.82. The zero-order valence-corrected chi connectivity index (χ0v) is 9.64. The molecule has 1 heteroatoms. The Morgan fingerprint density at radius 1 is 1.27 bits per heavy atom. The minimum Gasteiger partial charge on any atom is -0.294 e. The van der Waals surface area contributed by atoms with Crippen LogP contribution < -0.4 is 0 Å². The Morgan fingerprint density at radius 2 is 2.07 bits per heavy atom. The first-order chi connectivity index (χ1) is 7.29. The van der Waals surface area contributed by atoms with Crippen molar-refractivity contribution in [3.05, 3.63) is 11.1 Å². The molecule has 2 atom stereocenters. The number of carbonyl (C=O) groups is 1. The predicted octanol–water partition coefficient (Wildman–Crippen LogP) is 3.64. The van der Waals surface area contributed by atoms with Crippen molar-refractivity contribution < 1.29 is 4.79 Å². The summed E-state index contributed by atoms with van der Waals surface area (Å²) in [4.78, 5) is 12.3. The molecule has 15 heavy (non-hydrogen) atoms. The van der Waals surface area contributed by atoms with Crippen LogP contribution in [0, 0.1) is 11.3 Å². The first-order valence-electron chi connectivity index (χ1n) is 6.56. The van der Waals surface area contributed by atoms with Gasteiger partial charge in [-0.3, -0.25) is 4.79 Å². The molecule has 3 rings (SSSR count). The molecule has 0 aromatic heterocycles. The molecule has 0 heterocycles. The molecule has 0 amide bonds. The third-order valence-corrected chi connectivity index (χ3v) is 5.10. The largest absolute Gasteiger partial charge is 0.294 e. The summed E-state index contributed by atoms with van der Waals surface area (Å²) in [5, 5.41) is 0. The normalized spacial score (nSPS) is 39.5. The molecular weight excluding hydrogens is 184 g/mol. The highest BCUT2D eigenvalue weighted by atomic mass is 16.1. The van der Waals surface area contributed by atoms with Crippen LogP contribution in [0.2, 0.25) is 0 Å². The summed E-state index contributed by atoms with van der Waals surface area (Å²) in [7, 11) is 0. The highest BCUT2D eigenvalue weighted by Crippen LogP contribution is 2.60. The van der Waals surface area contributed by atoms with Gasteiger partial charge in [0.05, 0.1) is 0 Å². The molecule has 3 aliphatic carbocycles. The van der Waals surface area contributed by atoms with Crippen molar-refractivity contribution >= 4 is 5.78 Å². The van der Waals surface area contributed by atoms with Gasteiger partial charge in [-0.1, -0.05) is 18.9 Å². The van der Waals surface area contributed by atoms with Gasteiger partial charge in [0.25, 0.3) is 0 Å². The van der Waals surface area contributed by atoms with Gasteiger partial charge in [-0.05, 0) is 50.5 Å². The van der Waals surface area contributed by atoms with Crippen molar-refractivity contribution in [3.8, 4) is 0 Å². The van der Waals surface area contributed by atoms with E-state index in [1.54, 1.807) is 5.57 Å². The van der Waals surface area contributed by atoms with Gasteiger partial charge >= 0.3 is 0 Å². The lowest BCUT2D eigenvalue weighted by atomic mass is 9.71. The standard InChI is InChI=1S/C14H20O/c1-2-14-9-5-8-12(14)13(15)10-6-3-4-7-11(10)14/h12H,2-9H2,1H3/t12-,14+/m0/s1. The summed E-state index contributed by atoms with van der Waals surface area (Å²) >= 11 is 0. The van der Waals surface area contributed by atoms with E-state index in [0.29, 0.717) is 17.1 Å². The SMILES string of the molecule is CC[C@]12CCC[C@H]1C(=O)C1=C2CCCC1. The number of Topliss-reactive ketones (excluding diaryl/α,β-unsaturated/α-hetero) is 1. The van der Waals surface area contributed by atoms with E-state index >= 15 is 0 Å². The molecule has 82 valence electrons. The monoisotopic (exact) mass is 204 g/mol. The van der Waals surface area contributed by atoms with E-state index in [1.165, 1.54) is 50.5 Å². The van der Waals surface area contributed by atoms with Crippen LogP contribution >= 0.6 is 0 Å². The van der Waals surface area contributed by atoms with E-state index < -0.39 is 0 Å². The van der Waals surface area contributed by atoms with Gasteiger partial charge < -0.3 is 0 Å². The molecule has 1 saturated carbocycles. The van der Waals surface area contributed by atoms with E-state index in [2.05, 4.69) is 6.92 Å². The van der Waals surface area contributed by atoms with Crippen molar-refractivity contribution in [2.75, 3.05) is 0 Å². The van der Waals surface area contributed by atoms with Crippen molar-refractivity contribution in [2.45, 2.75) is 58.3 Å². The molecule has 1 fully saturated rings. The van der Waals surface area contributed by atoms with Crippen LogP contribution in [0.4, 0.5) is 0 Å². The number of allylic oxidation sites excluding steroid dienone is 2. The molecule has 0 radical (unpaired) electrons. The van der Waals surface area contributed by atoms with E-state index in [1.807, 2.05) is 0 Å². The van der Waals surface area contributed by atoms with E-state index in [-0.39, 0.29) is 0 Å². The van der Waals surface area contributed by atoms with Gasteiger partial charge in [0.1, 0.15) is 0 Å². The Labute approximate surface area is 91.9 Å². The lowest BCUT2D eigenvalue weighted by molar-refractivity contribution is -0.120. The summed E-state index contributed by atoms with van der Waals surface area (Å²) in [6, 6.07) is 0. The average Bonchev–Trinajstić information content (AvgIpc) is 2.80. The molecule has 0 aliphatic heterocycles. The molecule has 0 spiro atoms. The zero-order valence-electron chi connectivity index (χ0n) is 9.64. The Kier molecular flexibility index (Phi) is 2.05. The minimum atomic E-state index is 0.340. The molecule has 0 aromatic carbocycles. The van der Waals surface area contributed by atoms with Gasteiger partial charge in [0, 0.05) is 11.3 Å². The number of ketones is 1.